The van der Waals surface area contributed by atoms with Gasteiger partial charge in [0, 0.05) is 11.6 Å². The Morgan fingerprint density at radius 1 is 1.22 bits per heavy atom. The van der Waals surface area contributed by atoms with Crippen molar-refractivity contribution in [2.24, 2.45) is 0 Å². The topological polar surface area (TPSA) is 145 Å². The number of nitrogens with one attached hydrogen (secondary N) is 2. The summed E-state index contributed by atoms with van der Waals surface area (Å²) in [6, 6.07) is 8.58. The Morgan fingerprint density at radius 2 is 1.91 bits per heavy atom. The molecule has 1 fully saturated rings. The third-order valence-corrected chi connectivity index (χ3v) is 8.53. The molecule has 45 heavy (non-hydrogen) atoms. The lowest BCUT2D eigenvalue weighted by molar-refractivity contribution is -0.242. The number of hydrogen-bond acceptors (Lipinski definition) is 9. The van der Waals surface area contributed by atoms with Gasteiger partial charge < -0.3 is 29.2 Å². The minimum Gasteiger partial charge on any atom is -0.462 e. The first kappa shape index (κ1) is 34.9. The molecule has 1 saturated heterocycles. The maximum Gasteiger partial charge on any atom is 0.459 e. The van der Waals surface area contributed by atoms with Gasteiger partial charge in [-0.3, -0.25) is 14.2 Å². The summed E-state index contributed by atoms with van der Waals surface area (Å²) >= 11 is 5.95. The fourth-order valence-corrected chi connectivity index (χ4v) is 6.20. The number of urea groups is 1. The van der Waals surface area contributed by atoms with Gasteiger partial charge in [-0.15, -0.1) is 0 Å². The van der Waals surface area contributed by atoms with Gasteiger partial charge in [-0.2, -0.15) is 13.9 Å². The molecule has 12 nitrogen and oxygen atoms in total. The van der Waals surface area contributed by atoms with E-state index >= 15 is 8.78 Å². The summed E-state index contributed by atoms with van der Waals surface area (Å²) in [5.74, 6) is -5.85. The fourth-order valence-electron chi connectivity index (χ4n) is 4.48. The van der Waals surface area contributed by atoms with E-state index in [1.165, 1.54) is 19.1 Å². The van der Waals surface area contributed by atoms with E-state index in [-0.39, 0.29) is 17.4 Å². The summed E-state index contributed by atoms with van der Waals surface area (Å²) in [5, 5.41) is 15.8. The number of benzene rings is 2. The average Bonchev–Trinajstić information content (AvgIpc) is 3.17. The Balaban J connectivity index is 1.70. The highest BCUT2D eigenvalue weighted by Crippen LogP contribution is 2.53. The number of amides is 2. The lowest BCUT2D eigenvalue weighted by Crippen LogP contribution is -2.57. The van der Waals surface area contributed by atoms with Gasteiger partial charge >= 0.3 is 25.7 Å². The van der Waals surface area contributed by atoms with Gasteiger partial charge in [0.15, 0.2) is 12.3 Å². The van der Waals surface area contributed by atoms with Gasteiger partial charge in [0.1, 0.15) is 18.5 Å². The van der Waals surface area contributed by atoms with Crippen molar-refractivity contribution in [3.63, 3.8) is 0 Å². The molecule has 0 aromatic heterocycles. The Labute approximate surface area is 260 Å². The van der Waals surface area contributed by atoms with E-state index in [1.807, 2.05) is 0 Å². The normalized spacial score (nSPS) is 26.9. The van der Waals surface area contributed by atoms with E-state index in [1.54, 1.807) is 44.2 Å². The molecule has 0 bridgehead atoms. The van der Waals surface area contributed by atoms with Crippen LogP contribution in [0.25, 0.3) is 10.8 Å². The summed E-state index contributed by atoms with van der Waals surface area (Å²) < 4.78 is 101. The van der Waals surface area contributed by atoms with E-state index in [0.717, 1.165) is 6.20 Å². The van der Waals surface area contributed by atoms with Crippen LogP contribution in [-0.2, 0) is 28.1 Å². The first-order chi connectivity index (χ1) is 21.1. The molecule has 2 aromatic carbocycles. The van der Waals surface area contributed by atoms with Gasteiger partial charge in [-0.1, -0.05) is 48.0 Å². The average molecular weight is 684 g/mol. The van der Waals surface area contributed by atoms with Crippen molar-refractivity contribution in [1.29, 1.82) is 0 Å². The van der Waals surface area contributed by atoms with Crippen LogP contribution < -0.4 is 14.9 Å². The highest BCUT2D eigenvalue weighted by atomic mass is 35.5. The molecule has 2 aromatic rings. The van der Waals surface area contributed by atoms with Crippen LogP contribution in [0.3, 0.4) is 0 Å². The molecule has 4 rings (SSSR count). The van der Waals surface area contributed by atoms with Crippen LogP contribution in [0.4, 0.5) is 22.4 Å². The van der Waals surface area contributed by atoms with Crippen molar-refractivity contribution in [3.05, 3.63) is 53.7 Å². The fraction of sp³-hybridized carbons (Fsp3) is 0.481. The summed E-state index contributed by atoms with van der Waals surface area (Å²) in [5.41, 5.74) is -3.97. The molecule has 1 unspecified atom stereocenters. The van der Waals surface area contributed by atoms with Crippen molar-refractivity contribution in [2.75, 3.05) is 19.9 Å². The number of esters is 1. The largest absolute Gasteiger partial charge is 0.462 e. The quantitative estimate of drug-likeness (QED) is 0.173. The van der Waals surface area contributed by atoms with E-state index in [9.17, 15) is 28.0 Å². The molecule has 0 radical (unpaired) electrons. The maximum atomic E-state index is 15.7. The Kier molecular flexibility index (Phi) is 10.7. The van der Waals surface area contributed by atoms with Gasteiger partial charge in [0.25, 0.3) is 6.43 Å². The van der Waals surface area contributed by atoms with Crippen molar-refractivity contribution in [2.45, 2.75) is 63.2 Å². The zero-order valence-corrected chi connectivity index (χ0v) is 25.8. The minimum atomic E-state index is -5.02. The Morgan fingerprint density at radius 3 is 2.60 bits per heavy atom. The van der Waals surface area contributed by atoms with Crippen LogP contribution >= 0.6 is 19.3 Å². The molecule has 2 aliphatic rings. The highest BCUT2D eigenvalue weighted by Gasteiger charge is 2.74. The van der Waals surface area contributed by atoms with Crippen LogP contribution in [0, 0.1) is 0 Å². The lowest BCUT2D eigenvalue weighted by Gasteiger charge is -2.34. The predicted octanol–water partition coefficient (Wildman–Crippen LogP) is 4.71. The summed E-state index contributed by atoms with van der Waals surface area (Å²) in [6.45, 7) is 1.75. The predicted molar refractivity (Wildman–Crippen MR) is 152 cm³/mol. The van der Waals surface area contributed by atoms with Crippen LogP contribution in [0.2, 0.25) is 0 Å². The van der Waals surface area contributed by atoms with E-state index in [4.69, 9.17) is 34.9 Å². The summed E-state index contributed by atoms with van der Waals surface area (Å²) in [7, 11) is -5.02. The molecule has 2 heterocycles. The standard InChI is InChI=1S/C27H31ClF4N3O9P/c1-15(2)42-23(37)16(3)34-45(39,44-20-10-6-8-17-7-4-5-9-19(17)20)41-13-26(24(29)30)27(31,32)21(36)22(43-26)35-11-18(28)12-40-14-33-25(35)38/h4-11,15-16,21-22,24,36H,12-14H2,1-3H3,(H,33,38)(H,34,39)/b18-11+/t16-,21-,22+,26-,45?/m0/s1. The maximum absolute atomic E-state index is 15.7. The second-order valence-corrected chi connectivity index (χ2v) is 12.6. The lowest BCUT2D eigenvalue weighted by atomic mass is 9.95. The van der Waals surface area contributed by atoms with Crippen molar-refractivity contribution in [1.82, 2.24) is 15.3 Å². The SMILES string of the molecule is CC(C)OC(=O)[C@H](C)NP(=O)(OC[C@@]1(C(F)F)O[C@@H](N2/C=C(/Cl)COCNC2=O)[C@H](O)C1(F)F)Oc1cccc2ccccc12. The number of halogens is 5. The van der Waals surface area contributed by atoms with Crippen LogP contribution in [-0.4, -0.2) is 84.4 Å². The van der Waals surface area contributed by atoms with Crippen molar-refractivity contribution in [3.8, 4) is 5.75 Å². The second kappa shape index (κ2) is 13.8. The first-order valence-electron chi connectivity index (χ1n) is 13.5. The van der Waals surface area contributed by atoms with E-state index in [0.29, 0.717) is 15.7 Å². The number of nitrogens with zero attached hydrogens (tertiary/aromatic N) is 1. The zero-order valence-electron chi connectivity index (χ0n) is 24.1. The van der Waals surface area contributed by atoms with Gasteiger partial charge in [-0.05, 0) is 32.2 Å². The molecule has 248 valence electrons. The molecule has 5 atom stereocenters. The summed E-state index contributed by atoms with van der Waals surface area (Å²) in [4.78, 5) is 25.5. The number of aliphatic hydroxyl groups is 1. The van der Waals surface area contributed by atoms with Crippen LogP contribution in [0.15, 0.2) is 53.7 Å². The summed E-state index contributed by atoms with van der Waals surface area (Å²) in [6.07, 6.45) is -9.34. The van der Waals surface area contributed by atoms with E-state index < -0.39 is 75.5 Å². The molecule has 3 N–H and O–H groups in total. The number of aliphatic hydroxyl groups excluding tert-OH is 1. The van der Waals surface area contributed by atoms with Crippen molar-refractivity contribution < 1.29 is 60.1 Å². The number of carbonyl (C=O) groups is 2. The number of carbonyl (C=O) groups excluding carboxylic acids is 2. The number of rotatable bonds is 11. The molecule has 2 aliphatic heterocycles. The van der Waals surface area contributed by atoms with Crippen molar-refractivity contribution >= 4 is 42.1 Å². The monoisotopic (exact) mass is 683 g/mol. The molecule has 0 spiro atoms. The Bertz CT molecular complexity index is 1480. The van der Waals surface area contributed by atoms with Gasteiger partial charge in [0.2, 0.25) is 5.60 Å². The zero-order chi connectivity index (χ0) is 33.2. The third kappa shape index (κ3) is 7.38. The number of alkyl halides is 4. The smallest absolute Gasteiger partial charge is 0.459 e. The van der Waals surface area contributed by atoms with Crippen LogP contribution in [0.5, 0.6) is 5.75 Å². The first-order valence-corrected chi connectivity index (χ1v) is 15.4. The molecule has 0 aliphatic carbocycles. The minimum absolute atomic E-state index is 0.101. The molecule has 0 saturated carbocycles. The number of ether oxygens (including phenoxy) is 3. The highest BCUT2D eigenvalue weighted by molar-refractivity contribution is 7.52. The number of fused-ring (bicyclic) bond motifs is 1. The molecular formula is C27H31ClF4N3O9P. The van der Waals surface area contributed by atoms with Gasteiger partial charge in [0.05, 0.1) is 24.4 Å². The Hall–Kier alpha value is -2.98. The number of hydrogen-bond donors (Lipinski definition) is 3. The second-order valence-electron chi connectivity index (χ2n) is 10.4. The van der Waals surface area contributed by atoms with Crippen LogP contribution in [0.1, 0.15) is 20.8 Å². The van der Waals surface area contributed by atoms with Gasteiger partial charge in [-0.25, -0.2) is 18.1 Å². The molecule has 2 amide bonds. The third-order valence-electron chi connectivity index (χ3n) is 6.72. The molecule has 18 heteroatoms. The van der Waals surface area contributed by atoms with E-state index in [2.05, 4.69) is 10.4 Å². The molecular weight excluding hydrogens is 653 g/mol.